The van der Waals surface area contributed by atoms with E-state index in [1.54, 1.807) is 11.3 Å². The predicted molar refractivity (Wildman–Crippen MR) is 113 cm³/mol. The summed E-state index contributed by atoms with van der Waals surface area (Å²) in [7, 11) is 0. The molecule has 1 N–H and O–H groups in total. The number of fused-ring (bicyclic) bond motifs is 1. The lowest BCUT2D eigenvalue weighted by molar-refractivity contribution is 0.711. The van der Waals surface area contributed by atoms with Gasteiger partial charge in [0.25, 0.3) is 0 Å². The SMILES string of the molecule is C/C(=N\c1c(Cl)ccc2c1CCNCC2)c1ccc(-c2ccccc2)s1. The summed E-state index contributed by atoms with van der Waals surface area (Å²) in [6.07, 6.45) is 2.01. The molecule has 1 aliphatic rings. The Kier molecular flexibility index (Phi) is 5.21. The highest BCUT2D eigenvalue weighted by molar-refractivity contribution is 7.17. The average Bonchev–Trinajstić information content (AvgIpc) is 3.04. The zero-order valence-electron chi connectivity index (χ0n) is 14.8. The molecule has 4 rings (SSSR count). The van der Waals surface area contributed by atoms with Crippen molar-refractivity contribution < 1.29 is 0 Å². The molecule has 132 valence electrons. The Balaban J connectivity index is 1.70. The van der Waals surface area contributed by atoms with E-state index in [0.29, 0.717) is 0 Å². The van der Waals surface area contributed by atoms with Gasteiger partial charge >= 0.3 is 0 Å². The van der Waals surface area contributed by atoms with E-state index >= 15 is 0 Å². The van der Waals surface area contributed by atoms with Gasteiger partial charge in [-0.3, -0.25) is 4.99 Å². The molecule has 0 amide bonds. The van der Waals surface area contributed by atoms with Crippen molar-refractivity contribution in [2.45, 2.75) is 19.8 Å². The lowest BCUT2D eigenvalue weighted by atomic mass is 10.0. The van der Waals surface area contributed by atoms with Crippen LogP contribution in [0.1, 0.15) is 22.9 Å². The van der Waals surface area contributed by atoms with Gasteiger partial charge in [-0.1, -0.05) is 48.0 Å². The van der Waals surface area contributed by atoms with Crippen molar-refractivity contribution in [3.8, 4) is 10.4 Å². The van der Waals surface area contributed by atoms with Crippen LogP contribution in [0.3, 0.4) is 0 Å². The van der Waals surface area contributed by atoms with Gasteiger partial charge < -0.3 is 5.32 Å². The molecule has 0 bridgehead atoms. The Morgan fingerprint density at radius 3 is 2.65 bits per heavy atom. The lowest BCUT2D eigenvalue weighted by Gasteiger charge is -2.11. The first kappa shape index (κ1) is 17.5. The van der Waals surface area contributed by atoms with Crippen molar-refractivity contribution in [3.63, 3.8) is 0 Å². The van der Waals surface area contributed by atoms with Crippen molar-refractivity contribution in [2.24, 2.45) is 4.99 Å². The number of rotatable bonds is 3. The minimum atomic E-state index is 0.741. The Hall–Kier alpha value is -1.94. The number of nitrogens with one attached hydrogen (secondary N) is 1. The monoisotopic (exact) mass is 380 g/mol. The fraction of sp³-hybridized carbons (Fsp3) is 0.227. The van der Waals surface area contributed by atoms with Crippen molar-refractivity contribution in [1.82, 2.24) is 5.32 Å². The zero-order valence-corrected chi connectivity index (χ0v) is 16.3. The van der Waals surface area contributed by atoms with Gasteiger partial charge in [-0.2, -0.15) is 0 Å². The van der Waals surface area contributed by atoms with Gasteiger partial charge in [0.15, 0.2) is 0 Å². The third kappa shape index (κ3) is 3.61. The number of hydrogen-bond acceptors (Lipinski definition) is 3. The summed E-state index contributed by atoms with van der Waals surface area (Å²) >= 11 is 8.30. The van der Waals surface area contributed by atoms with Crippen LogP contribution in [0, 0.1) is 0 Å². The van der Waals surface area contributed by atoms with E-state index in [9.17, 15) is 0 Å². The number of benzene rings is 2. The molecule has 2 nitrogen and oxygen atoms in total. The molecule has 26 heavy (non-hydrogen) atoms. The van der Waals surface area contributed by atoms with E-state index in [2.05, 4.69) is 54.7 Å². The molecule has 2 heterocycles. The van der Waals surface area contributed by atoms with Gasteiger partial charge in [-0.15, -0.1) is 11.3 Å². The van der Waals surface area contributed by atoms with E-state index in [0.717, 1.165) is 42.4 Å². The van der Waals surface area contributed by atoms with Crippen LogP contribution in [0.4, 0.5) is 5.69 Å². The van der Waals surface area contributed by atoms with Crippen molar-refractivity contribution >= 4 is 34.3 Å². The second kappa shape index (κ2) is 7.75. The summed E-state index contributed by atoms with van der Waals surface area (Å²) in [5.74, 6) is 0. The molecule has 0 radical (unpaired) electrons. The van der Waals surface area contributed by atoms with Crippen LogP contribution in [0.2, 0.25) is 5.02 Å². The highest BCUT2D eigenvalue weighted by atomic mass is 35.5. The summed E-state index contributed by atoms with van der Waals surface area (Å²) in [6, 6.07) is 18.9. The number of nitrogens with zero attached hydrogens (tertiary/aromatic N) is 1. The molecule has 0 saturated heterocycles. The smallest absolute Gasteiger partial charge is 0.0854 e. The van der Waals surface area contributed by atoms with Crippen molar-refractivity contribution in [3.05, 3.63) is 75.6 Å². The Labute approximate surface area is 163 Å². The van der Waals surface area contributed by atoms with E-state index in [1.165, 1.54) is 26.4 Å². The Bertz CT molecular complexity index is 944. The van der Waals surface area contributed by atoms with E-state index < -0.39 is 0 Å². The lowest BCUT2D eigenvalue weighted by Crippen LogP contribution is -2.16. The molecule has 1 aliphatic heterocycles. The largest absolute Gasteiger partial charge is 0.316 e. The average molecular weight is 381 g/mol. The third-order valence-corrected chi connectivity index (χ3v) is 6.30. The minimum Gasteiger partial charge on any atom is -0.316 e. The standard InChI is InChI=1S/C22H21ClN2S/c1-15(20-9-10-21(26-20)17-5-3-2-4-6-17)25-22-18-12-14-24-13-11-16(18)7-8-19(22)23/h2-10,24H,11-14H2,1H3/b25-15+. The maximum atomic E-state index is 6.52. The van der Waals surface area contributed by atoms with Crippen molar-refractivity contribution in [2.75, 3.05) is 13.1 Å². The first-order valence-electron chi connectivity index (χ1n) is 8.94. The van der Waals surface area contributed by atoms with E-state index in [4.69, 9.17) is 16.6 Å². The predicted octanol–water partition coefficient (Wildman–Crippen LogP) is 5.90. The first-order chi connectivity index (χ1) is 12.7. The zero-order chi connectivity index (χ0) is 17.9. The van der Waals surface area contributed by atoms with Crippen LogP contribution in [-0.2, 0) is 12.8 Å². The summed E-state index contributed by atoms with van der Waals surface area (Å²) in [5, 5.41) is 4.20. The fourth-order valence-corrected chi connectivity index (χ4v) is 4.53. The maximum Gasteiger partial charge on any atom is 0.0854 e. The molecule has 0 aliphatic carbocycles. The molecule has 2 aromatic carbocycles. The highest BCUT2D eigenvalue weighted by Crippen LogP contribution is 2.35. The van der Waals surface area contributed by atoms with Crippen molar-refractivity contribution in [1.29, 1.82) is 0 Å². The van der Waals surface area contributed by atoms with Crippen LogP contribution in [-0.4, -0.2) is 18.8 Å². The van der Waals surface area contributed by atoms with E-state index in [-0.39, 0.29) is 0 Å². The second-order valence-corrected chi connectivity index (χ2v) is 8.00. The Morgan fingerprint density at radius 2 is 1.81 bits per heavy atom. The summed E-state index contributed by atoms with van der Waals surface area (Å²) in [6.45, 7) is 4.07. The second-order valence-electron chi connectivity index (χ2n) is 6.51. The summed E-state index contributed by atoms with van der Waals surface area (Å²) in [4.78, 5) is 7.40. The van der Waals surface area contributed by atoms with Crippen LogP contribution in [0.5, 0.6) is 0 Å². The van der Waals surface area contributed by atoms with Gasteiger partial charge in [-0.25, -0.2) is 0 Å². The first-order valence-corrected chi connectivity index (χ1v) is 10.1. The normalized spacial score (nSPS) is 14.8. The Morgan fingerprint density at radius 1 is 1.00 bits per heavy atom. The molecule has 4 heteroatoms. The summed E-state index contributed by atoms with van der Waals surface area (Å²) < 4.78 is 0. The molecular formula is C22H21ClN2S. The van der Waals surface area contributed by atoms with Gasteiger partial charge in [0.05, 0.1) is 16.4 Å². The molecule has 1 aromatic heterocycles. The number of halogens is 1. The third-order valence-electron chi connectivity index (χ3n) is 4.75. The maximum absolute atomic E-state index is 6.52. The molecular weight excluding hydrogens is 360 g/mol. The molecule has 0 saturated carbocycles. The molecule has 0 unspecified atom stereocenters. The van der Waals surface area contributed by atoms with Crippen LogP contribution in [0.15, 0.2) is 59.6 Å². The van der Waals surface area contributed by atoms with Gasteiger partial charge in [0.1, 0.15) is 0 Å². The summed E-state index contributed by atoms with van der Waals surface area (Å²) in [5.41, 5.74) is 5.86. The number of aliphatic imine (C=N–C) groups is 1. The van der Waals surface area contributed by atoms with Gasteiger partial charge in [0.2, 0.25) is 0 Å². The highest BCUT2D eigenvalue weighted by Gasteiger charge is 2.15. The van der Waals surface area contributed by atoms with Gasteiger partial charge in [-0.05, 0) is 67.7 Å². The van der Waals surface area contributed by atoms with Crippen LogP contribution in [0.25, 0.3) is 10.4 Å². The van der Waals surface area contributed by atoms with Gasteiger partial charge in [0, 0.05) is 9.75 Å². The topological polar surface area (TPSA) is 24.4 Å². The molecule has 0 fully saturated rings. The quantitative estimate of drug-likeness (QED) is 0.562. The van der Waals surface area contributed by atoms with Crippen LogP contribution < -0.4 is 5.32 Å². The fourth-order valence-electron chi connectivity index (χ4n) is 3.36. The van der Waals surface area contributed by atoms with Crippen LogP contribution >= 0.6 is 22.9 Å². The molecule has 0 atom stereocenters. The molecule has 0 spiro atoms. The number of hydrogen-bond donors (Lipinski definition) is 1. The number of thiophene rings is 1. The minimum absolute atomic E-state index is 0.741. The van der Waals surface area contributed by atoms with E-state index in [1.807, 2.05) is 12.1 Å². The molecule has 3 aromatic rings.